The van der Waals surface area contributed by atoms with Crippen molar-refractivity contribution in [3.8, 4) is 34.3 Å². The van der Waals surface area contributed by atoms with Gasteiger partial charge in [-0.1, -0.05) is 30.3 Å². The van der Waals surface area contributed by atoms with Gasteiger partial charge in [-0.3, -0.25) is 0 Å². The minimum absolute atomic E-state index is 0.103. The number of fused-ring (bicyclic) bond motifs is 1. The average Bonchev–Trinajstić information content (AvgIpc) is 3.13. The molecule has 1 aliphatic rings. The van der Waals surface area contributed by atoms with E-state index in [9.17, 15) is 10.4 Å². The van der Waals surface area contributed by atoms with E-state index in [0.29, 0.717) is 29.7 Å². The topological polar surface area (TPSA) is 110 Å². The van der Waals surface area contributed by atoms with Gasteiger partial charge in [0.25, 0.3) is 0 Å². The smallest absolute Gasteiger partial charge is 0.159 e. The summed E-state index contributed by atoms with van der Waals surface area (Å²) >= 11 is 0. The van der Waals surface area contributed by atoms with Gasteiger partial charge in [-0.05, 0) is 31.9 Å². The van der Waals surface area contributed by atoms with Crippen molar-refractivity contribution in [2.45, 2.75) is 31.4 Å². The second-order valence-corrected chi connectivity index (χ2v) is 8.62. The largest absolute Gasteiger partial charge is 0.496 e. The molecule has 0 aliphatic heterocycles. The number of ether oxygens (including phenoxy) is 1. The van der Waals surface area contributed by atoms with E-state index < -0.39 is 11.4 Å². The van der Waals surface area contributed by atoms with Crippen molar-refractivity contribution in [1.29, 1.82) is 5.26 Å². The summed E-state index contributed by atoms with van der Waals surface area (Å²) in [5.41, 5.74) is 7.31. The van der Waals surface area contributed by atoms with E-state index in [-0.39, 0.29) is 34.2 Å². The summed E-state index contributed by atoms with van der Waals surface area (Å²) in [7, 11) is 1.53. The molecule has 166 valence electrons. The number of nitrogens with zero attached hydrogens (tertiary/aromatic N) is 4. The molecular formula is C25H22FN5O2. The summed E-state index contributed by atoms with van der Waals surface area (Å²) in [6.45, 7) is 1.74. The SMILES string of the molecule is COc1cc(-c2ccccc2)nc2c(F)c(-c3nn([C@H]4C[C@](C)(O)C4)c(N)c3C#N)ccc12. The first kappa shape index (κ1) is 20.9. The number of anilines is 1. The highest BCUT2D eigenvalue weighted by Crippen LogP contribution is 2.44. The molecule has 1 aliphatic carbocycles. The Balaban J connectivity index is 1.69. The van der Waals surface area contributed by atoms with Crippen LogP contribution in [0.2, 0.25) is 0 Å². The molecule has 7 nitrogen and oxygen atoms in total. The zero-order chi connectivity index (χ0) is 23.3. The second kappa shape index (κ2) is 7.57. The predicted molar refractivity (Wildman–Crippen MR) is 123 cm³/mol. The molecule has 0 unspecified atom stereocenters. The van der Waals surface area contributed by atoms with Crippen molar-refractivity contribution in [2.75, 3.05) is 12.8 Å². The lowest BCUT2D eigenvalue weighted by Gasteiger charge is -2.41. The molecule has 0 atom stereocenters. The van der Waals surface area contributed by atoms with Crippen molar-refractivity contribution < 1.29 is 14.2 Å². The lowest BCUT2D eigenvalue weighted by Crippen LogP contribution is -2.42. The van der Waals surface area contributed by atoms with Crippen molar-refractivity contribution >= 4 is 16.7 Å². The molecule has 2 heterocycles. The maximum Gasteiger partial charge on any atom is 0.159 e. The number of methoxy groups -OCH3 is 1. The maximum atomic E-state index is 15.9. The Hall–Kier alpha value is -3.96. The van der Waals surface area contributed by atoms with E-state index >= 15 is 4.39 Å². The number of nitrogens with two attached hydrogens (primary N) is 1. The fourth-order valence-electron chi connectivity index (χ4n) is 4.49. The summed E-state index contributed by atoms with van der Waals surface area (Å²) in [4.78, 5) is 4.57. The molecule has 1 saturated carbocycles. The number of rotatable bonds is 4. The van der Waals surface area contributed by atoms with Gasteiger partial charge in [-0.15, -0.1) is 0 Å². The van der Waals surface area contributed by atoms with Gasteiger partial charge in [0, 0.05) is 22.6 Å². The number of halogens is 1. The van der Waals surface area contributed by atoms with Gasteiger partial charge in [0.2, 0.25) is 0 Å². The van der Waals surface area contributed by atoms with Gasteiger partial charge in [-0.2, -0.15) is 10.4 Å². The van der Waals surface area contributed by atoms with Gasteiger partial charge in [0.15, 0.2) is 5.82 Å². The number of aromatic nitrogens is 3. The van der Waals surface area contributed by atoms with Crippen LogP contribution in [0.25, 0.3) is 33.4 Å². The number of hydrogen-bond acceptors (Lipinski definition) is 6. The number of benzene rings is 2. The van der Waals surface area contributed by atoms with Crippen LogP contribution in [-0.4, -0.2) is 32.6 Å². The Morgan fingerprint density at radius 3 is 2.61 bits per heavy atom. The van der Waals surface area contributed by atoms with E-state index in [1.54, 1.807) is 25.1 Å². The fraction of sp³-hybridized carbons (Fsp3) is 0.240. The minimum atomic E-state index is -0.793. The standard InChI is InChI=1S/C25H22FN5O2/c1-25(32)11-15(12-25)31-24(28)18(13-27)22(30-31)17-9-8-16-20(33-2)10-19(29-23(16)21(17)26)14-6-4-3-5-7-14/h3-10,15,32H,11-12,28H2,1-2H3/t15-,25-. The van der Waals surface area contributed by atoms with E-state index in [4.69, 9.17) is 10.5 Å². The van der Waals surface area contributed by atoms with Crippen molar-refractivity contribution in [2.24, 2.45) is 0 Å². The van der Waals surface area contributed by atoms with E-state index in [0.717, 1.165) is 5.56 Å². The molecule has 0 amide bonds. The Bertz CT molecular complexity index is 1410. The molecule has 2 aromatic heterocycles. The van der Waals surface area contributed by atoms with Crippen LogP contribution in [-0.2, 0) is 0 Å². The third kappa shape index (κ3) is 3.38. The van der Waals surface area contributed by atoms with Crippen LogP contribution in [0.5, 0.6) is 5.75 Å². The van der Waals surface area contributed by atoms with Gasteiger partial charge >= 0.3 is 0 Å². The number of aliphatic hydroxyl groups is 1. The third-order valence-electron chi connectivity index (χ3n) is 6.18. The predicted octanol–water partition coefficient (Wildman–Crippen LogP) is 4.45. The molecule has 0 saturated heterocycles. The molecule has 1 fully saturated rings. The van der Waals surface area contributed by atoms with Crippen molar-refractivity contribution in [3.63, 3.8) is 0 Å². The zero-order valence-electron chi connectivity index (χ0n) is 18.2. The van der Waals surface area contributed by atoms with Crippen molar-refractivity contribution in [3.05, 3.63) is 59.9 Å². The molecule has 4 aromatic rings. The highest BCUT2D eigenvalue weighted by Gasteiger charge is 2.41. The van der Waals surface area contributed by atoms with E-state index in [1.165, 1.54) is 11.8 Å². The zero-order valence-corrected chi connectivity index (χ0v) is 18.2. The molecule has 8 heteroatoms. The average molecular weight is 443 g/mol. The molecule has 33 heavy (non-hydrogen) atoms. The normalized spacial score (nSPS) is 19.8. The highest BCUT2D eigenvalue weighted by atomic mass is 19.1. The molecule has 0 radical (unpaired) electrons. The fourth-order valence-corrected chi connectivity index (χ4v) is 4.49. The molecule has 3 N–H and O–H groups in total. The first-order valence-corrected chi connectivity index (χ1v) is 10.6. The van der Waals surface area contributed by atoms with Crippen LogP contribution in [0.1, 0.15) is 31.4 Å². The number of nitriles is 1. The molecule has 0 spiro atoms. The summed E-state index contributed by atoms with van der Waals surface area (Å²) in [6.07, 6.45) is 0.922. The van der Waals surface area contributed by atoms with Crippen LogP contribution in [0.3, 0.4) is 0 Å². The quantitative estimate of drug-likeness (QED) is 0.482. The summed E-state index contributed by atoms with van der Waals surface area (Å²) in [5, 5.41) is 24.8. The molecular weight excluding hydrogens is 421 g/mol. The van der Waals surface area contributed by atoms with Gasteiger partial charge < -0.3 is 15.6 Å². The minimum Gasteiger partial charge on any atom is -0.496 e. The lowest BCUT2D eigenvalue weighted by molar-refractivity contribution is -0.0535. The van der Waals surface area contributed by atoms with Crippen LogP contribution in [0, 0.1) is 17.1 Å². The van der Waals surface area contributed by atoms with E-state index in [1.807, 2.05) is 30.3 Å². The van der Waals surface area contributed by atoms with Gasteiger partial charge in [0.1, 0.15) is 34.4 Å². The van der Waals surface area contributed by atoms with Crippen LogP contribution >= 0.6 is 0 Å². The third-order valence-corrected chi connectivity index (χ3v) is 6.18. The van der Waals surface area contributed by atoms with Gasteiger partial charge in [0.05, 0.1) is 24.4 Å². The Labute approximate surface area is 189 Å². The summed E-state index contributed by atoms with van der Waals surface area (Å²) < 4.78 is 22.9. The Morgan fingerprint density at radius 2 is 1.97 bits per heavy atom. The first-order valence-electron chi connectivity index (χ1n) is 10.6. The van der Waals surface area contributed by atoms with Gasteiger partial charge in [-0.25, -0.2) is 14.1 Å². The molecule has 2 aromatic carbocycles. The maximum absolute atomic E-state index is 15.9. The van der Waals surface area contributed by atoms with Crippen LogP contribution in [0.15, 0.2) is 48.5 Å². The number of nitrogen functional groups attached to an aromatic ring is 1. The first-order chi connectivity index (χ1) is 15.8. The van der Waals surface area contributed by atoms with E-state index in [2.05, 4.69) is 16.2 Å². The van der Waals surface area contributed by atoms with Crippen LogP contribution < -0.4 is 10.5 Å². The molecule has 5 rings (SSSR count). The Kier molecular flexibility index (Phi) is 4.80. The van der Waals surface area contributed by atoms with Crippen molar-refractivity contribution in [1.82, 2.24) is 14.8 Å². The summed E-state index contributed by atoms with van der Waals surface area (Å²) in [5.74, 6) is 0.0490. The lowest BCUT2D eigenvalue weighted by atomic mass is 9.77. The molecule has 0 bridgehead atoms. The number of hydrogen-bond donors (Lipinski definition) is 2. The monoisotopic (exact) mass is 443 g/mol. The Morgan fingerprint density at radius 1 is 1.24 bits per heavy atom. The highest BCUT2D eigenvalue weighted by molar-refractivity contribution is 5.92. The summed E-state index contributed by atoms with van der Waals surface area (Å²) in [6, 6.07) is 16.4. The number of pyridine rings is 1. The second-order valence-electron chi connectivity index (χ2n) is 8.62. The van der Waals surface area contributed by atoms with Crippen LogP contribution in [0.4, 0.5) is 10.2 Å².